The zero-order valence-corrected chi connectivity index (χ0v) is 18.9. The summed E-state index contributed by atoms with van der Waals surface area (Å²) >= 11 is 5.87. The molecule has 0 bridgehead atoms. The molecule has 172 valence electrons. The Morgan fingerprint density at radius 2 is 1.61 bits per heavy atom. The molecule has 0 atom stereocenters. The highest BCUT2D eigenvalue weighted by atomic mass is 35.5. The first-order chi connectivity index (χ1) is 15.7. The van der Waals surface area contributed by atoms with E-state index in [0.717, 1.165) is 11.8 Å². The summed E-state index contributed by atoms with van der Waals surface area (Å²) in [5.41, 5.74) is 0.914. The summed E-state index contributed by atoms with van der Waals surface area (Å²) in [7, 11) is -3.92. The summed E-state index contributed by atoms with van der Waals surface area (Å²) in [6.45, 7) is 1.24. The molecule has 1 heterocycles. The molecule has 33 heavy (non-hydrogen) atoms. The molecule has 1 fully saturated rings. The van der Waals surface area contributed by atoms with Gasteiger partial charge in [0.15, 0.2) is 0 Å². The molecule has 0 unspecified atom stereocenters. The van der Waals surface area contributed by atoms with Crippen LogP contribution >= 0.6 is 11.6 Å². The van der Waals surface area contributed by atoms with Gasteiger partial charge < -0.3 is 10.2 Å². The maximum Gasteiger partial charge on any atom is 0.255 e. The minimum absolute atomic E-state index is 0.139. The number of benzene rings is 3. The maximum absolute atomic E-state index is 14.7. The molecule has 1 aliphatic heterocycles. The van der Waals surface area contributed by atoms with Crippen molar-refractivity contribution in [3.05, 3.63) is 89.0 Å². The fourth-order valence-electron chi connectivity index (χ4n) is 3.57. The van der Waals surface area contributed by atoms with E-state index in [0.29, 0.717) is 18.1 Å². The molecule has 1 aliphatic rings. The summed E-state index contributed by atoms with van der Waals surface area (Å²) in [5, 5.41) is 2.79. The molecule has 3 aromatic carbocycles. The van der Waals surface area contributed by atoms with Crippen molar-refractivity contribution in [3.8, 4) is 0 Å². The van der Waals surface area contributed by atoms with E-state index in [1.165, 1.54) is 40.7 Å². The lowest BCUT2D eigenvalue weighted by Crippen LogP contribution is -2.48. The lowest BCUT2D eigenvalue weighted by atomic mass is 10.2. The predicted molar refractivity (Wildman–Crippen MR) is 123 cm³/mol. The van der Waals surface area contributed by atoms with Crippen molar-refractivity contribution < 1.29 is 22.0 Å². The van der Waals surface area contributed by atoms with E-state index in [4.69, 9.17) is 11.6 Å². The Morgan fingerprint density at radius 3 is 2.24 bits per heavy atom. The summed E-state index contributed by atoms with van der Waals surface area (Å²) in [6.07, 6.45) is 0. The molecule has 0 saturated carbocycles. The molecule has 3 aromatic rings. The monoisotopic (exact) mass is 491 g/mol. The SMILES string of the molecule is O=C(Nc1ccc(S(=O)(=O)N2CCN(c3ccc(F)cc3)CC2)cc1F)c1cccc(Cl)c1. The minimum atomic E-state index is -3.92. The Morgan fingerprint density at radius 1 is 0.909 bits per heavy atom. The van der Waals surface area contributed by atoms with Crippen LogP contribution in [0.2, 0.25) is 5.02 Å². The third-order valence-corrected chi connectivity index (χ3v) is 7.47. The predicted octanol–water partition coefficient (Wildman–Crippen LogP) is 4.38. The number of nitrogens with zero attached hydrogens (tertiary/aromatic N) is 2. The largest absolute Gasteiger partial charge is 0.369 e. The molecule has 4 rings (SSSR count). The Hall–Kier alpha value is -3.01. The van der Waals surface area contributed by atoms with Crippen LogP contribution in [-0.4, -0.2) is 44.8 Å². The number of nitrogens with one attached hydrogen (secondary N) is 1. The molecule has 1 saturated heterocycles. The normalized spacial score (nSPS) is 14.8. The van der Waals surface area contributed by atoms with Gasteiger partial charge in [0.25, 0.3) is 5.91 Å². The summed E-state index contributed by atoms with van der Waals surface area (Å²) in [5.74, 6) is -1.77. The zero-order chi connectivity index (χ0) is 23.6. The average Bonchev–Trinajstić information content (AvgIpc) is 2.81. The first kappa shape index (κ1) is 23.2. The number of rotatable bonds is 5. The van der Waals surface area contributed by atoms with Gasteiger partial charge in [-0.05, 0) is 60.7 Å². The Bertz CT molecular complexity index is 1280. The molecular weight excluding hydrogens is 472 g/mol. The number of anilines is 2. The van der Waals surface area contributed by atoms with Gasteiger partial charge in [0.1, 0.15) is 11.6 Å². The number of piperazine rings is 1. The van der Waals surface area contributed by atoms with Crippen molar-refractivity contribution in [1.29, 1.82) is 0 Å². The van der Waals surface area contributed by atoms with E-state index < -0.39 is 21.7 Å². The average molecular weight is 492 g/mol. The number of hydrogen-bond donors (Lipinski definition) is 1. The van der Waals surface area contributed by atoms with Crippen LogP contribution in [0.1, 0.15) is 10.4 Å². The maximum atomic E-state index is 14.7. The van der Waals surface area contributed by atoms with Gasteiger partial charge in [-0.3, -0.25) is 4.79 Å². The van der Waals surface area contributed by atoms with E-state index in [1.54, 1.807) is 24.3 Å². The van der Waals surface area contributed by atoms with Crippen LogP contribution in [0, 0.1) is 11.6 Å². The third-order valence-electron chi connectivity index (χ3n) is 5.34. The van der Waals surface area contributed by atoms with Gasteiger partial charge in [0, 0.05) is 42.5 Å². The molecule has 0 radical (unpaired) electrons. The number of carbonyl (C=O) groups excluding carboxylic acids is 1. The number of hydrogen-bond acceptors (Lipinski definition) is 4. The van der Waals surface area contributed by atoms with E-state index in [1.807, 2.05) is 4.90 Å². The highest BCUT2D eigenvalue weighted by molar-refractivity contribution is 7.89. The molecular formula is C23H20ClF2N3O3S. The number of amides is 1. The van der Waals surface area contributed by atoms with Gasteiger partial charge in [-0.1, -0.05) is 17.7 Å². The van der Waals surface area contributed by atoms with Crippen molar-refractivity contribution in [2.24, 2.45) is 0 Å². The Labute approximate surface area is 195 Å². The van der Waals surface area contributed by atoms with Gasteiger partial charge in [0.05, 0.1) is 10.6 Å². The van der Waals surface area contributed by atoms with Crippen LogP contribution < -0.4 is 10.2 Å². The molecule has 1 N–H and O–H groups in total. The number of sulfonamides is 1. The van der Waals surface area contributed by atoms with Crippen molar-refractivity contribution in [2.45, 2.75) is 4.90 Å². The Kier molecular flexibility index (Phi) is 6.64. The fraction of sp³-hybridized carbons (Fsp3) is 0.174. The molecule has 10 heteroatoms. The summed E-state index contributed by atoms with van der Waals surface area (Å²) < 4.78 is 55.1. The highest BCUT2D eigenvalue weighted by Gasteiger charge is 2.29. The lowest BCUT2D eigenvalue weighted by molar-refractivity contribution is 0.102. The Balaban J connectivity index is 1.44. The van der Waals surface area contributed by atoms with Crippen LogP contribution in [0.5, 0.6) is 0 Å². The topological polar surface area (TPSA) is 69.7 Å². The van der Waals surface area contributed by atoms with Crippen LogP contribution in [0.25, 0.3) is 0 Å². The van der Waals surface area contributed by atoms with Gasteiger partial charge in [-0.25, -0.2) is 17.2 Å². The third kappa shape index (κ3) is 5.16. The van der Waals surface area contributed by atoms with E-state index in [-0.39, 0.29) is 35.1 Å². The van der Waals surface area contributed by atoms with Gasteiger partial charge >= 0.3 is 0 Å². The summed E-state index contributed by atoms with van der Waals surface area (Å²) in [6, 6.07) is 15.6. The van der Waals surface area contributed by atoms with E-state index in [9.17, 15) is 22.0 Å². The van der Waals surface area contributed by atoms with Crippen LogP contribution in [0.15, 0.2) is 71.6 Å². The van der Waals surface area contributed by atoms with Crippen molar-refractivity contribution in [3.63, 3.8) is 0 Å². The molecule has 6 nitrogen and oxygen atoms in total. The van der Waals surface area contributed by atoms with Gasteiger partial charge in [0.2, 0.25) is 10.0 Å². The first-order valence-electron chi connectivity index (χ1n) is 10.1. The second kappa shape index (κ2) is 9.46. The first-order valence-corrected chi connectivity index (χ1v) is 11.9. The number of halogens is 3. The van der Waals surface area contributed by atoms with Crippen LogP contribution in [0.3, 0.4) is 0 Å². The molecule has 0 aromatic heterocycles. The fourth-order valence-corrected chi connectivity index (χ4v) is 5.19. The van der Waals surface area contributed by atoms with Crippen LogP contribution in [-0.2, 0) is 10.0 Å². The lowest BCUT2D eigenvalue weighted by Gasteiger charge is -2.35. The second-order valence-electron chi connectivity index (χ2n) is 7.47. The smallest absolute Gasteiger partial charge is 0.255 e. The van der Waals surface area contributed by atoms with E-state index in [2.05, 4.69) is 5.32 Å². The van der Waals surface area contributed by atoms with Gasteiger partial charge in [-0.15, -0.1) is 0 Å². The summed E-state index contributed by atoms with van der Waals surface area (Å²) in [4.78, 5) is 14.1. The van der Waals surface area contributed by atoms with Crippen molar-refractivity contribution >= 4 is 38.9 Å². The van der Waals surface area contributed by atoms with E-state index >= 15 is 0 Å². The second-order valence-corrected chi connectivity index (χ2v) is 9.85. The van der Waals surface area contributed by atoms with Crippen LogP contribution in [0.4, 0.5) is 20.2 Å². The number of carbonyl (C=O) groups is 1. The minimum Gasteiger partial charge on any atom is -0.369 e. The van der Waals surface area contributed by atoms with Crippen molar-refractivity contribution in [2.75, 3.05) is 36.4 Å². The van der Waals surface area contributed by atoms with Crippen molar-refractivity contribution in [1.82, 2.24) is 4.31 Å². The molecule has 0 spiro atoms. The highest BCUT2D eigenvalue weighted by Crippen LogP contribution is 2.25. The standard InChI is InChI=1S/C23H20ClF2N3O3S/c24-17-3-1-2-16(14-17)23(30)27-22-9-8-20(15-21(22)26)33(31,32)29-12-10-28(11-13-29)19-6-4-18(25)5-7-19/h1-9,14-15H,10-13H2,(H,27,30). The molecule has 1 amide bonds. The quantitative estimate of drug-likeness (QED) is 0.575. The zero-order valence-electron chi connectivity index (χ0n) is 17.3. The molecule has 0 aliphatic carbocycles. The van der Waals surface area contributed by atoms with Gasteiger partial charge in [-0.2, -0.15) is 4.31 Å².